The Balaban J connectivity index is 2.17. The van der Waals surface area contributed by atoms with Crippen molar-refractivity contribution in [3.8, 4) is 22.6 Å². The van der Waals surface area contributed by atoms with Crippen molar-refractivity contribution < 1.29 is 9.84 Å². The topological polar surface area (TPSA) is 58.7 Å². The van der Waals surface area contributed by atoms with Crippen LogP contribution < -0.4 is 10.5 Å². The minimum Gasteiger partial charge on any atom is -0.508 e. The lowest BCUT2D eigenvalue weighted by atomic mass is 10.0. The summed E-state index contributed by atoms with van der Waals surface area (Å²) in [4.78, 5) is 2.06. The van der Waals surface area contributed by atoms with Gasteiger partial charge in [0.2, 0.25) is 0 Å². The Morgan fingerprint density at radius 1 is 1.05 bits per heavy atom. The molecule has 0 bridgehead atoms. The van der Waals surface area contributed by atoms with E-state index in [2.05, 4.69) is 4.90 Å². The van der Waals surface area contributed by atoms with Gasteiger partial charge in [0, 0.05) is 6.54 Å². The Hall–Kier alpha value is -2.20. The van der Waals surface area contributed by atoms with Gasteiger partial charge in [0.1, 0.15) is 18.1 Å². The van der Waals surface area contributed by atoms with Crippen molar-refractivity contribution in [2.75, 3.05) is 33.0 Å². The number of anilines is 1. The van der Waals surface area contributed by atoms with Gasteiger partial charge in [0.15, 0.2) is 0 Å². The standard InChI is InChI=1S/C16H20N2O2/c1-18(2)9-10-20-16-11-13(5-8-15(16)17)12-3-6-14(19)7-4-12/h3-8,11,19H,9-10,17H2,1-2H3. The van der Waals surface area contributed by atoms with E-state index in [0.717, 1.165) is 17.7 Å². The molecule has 0 fully saturated rings. The maximum atomic E-state index is 9.32. The third-order valence-corrected chi connectivity index (χ3v) is 3.01. The van der Waals surface area contributed by atoms with Gasteiger partial charge in [-0.3, -0.25) is 0 Å². The van der Waals surface area contributed by atoms with Crippen molar-refractivity contribution in [3.05, 3.63) is 42.5 Å². The number of ether oxygens (including phenoxy) is 1. The Kier molecular flexibility index (Phi) is 4.48. The molecule has 0 radical (unpaired) electrons. The Morgan fingerprint density at radius 3 is 2.35 bits per heavy atom. The van der Waals surface area contributed by atoms with Crippen LogP contribution in [-0.4, -0.2) is 37.3 Å². The molecule has 0 spiro atoms. The fourth-order valence-electron chi connectivity index (χ4n) is 1.83. The molecule has 0 aliphatic rings. The maximum Gasteiger partial charge on any atom is 0.142 e. The van der Waals surface area contributed by atoms with Gasteiger partial charge in [-0.2, -0.15) is 0 Å². The summed E-state index contributed by atoms with van der Waals surface area (Å²) < 4.78 is 5.72. The molecule has 0 saturated carbocycles. The first-order chi connectivity index (χ1) is 9.56. The average molecular weight is 272 g/mol. The van der Waals surface area contributed by atoms with Gasteiger partial charge in [0.25, 0.3) is 0 Å². The summed E-state index contributed by atoms with van der Waals surface area (Å²) >= 11 is 0. The van der Waals surface area contributed by atoms with Crippen LogP contribution in [-0.2, 0) is 0 Å². The largest absolute Gasteiger partial charge is 0.508 e. The summed E-state index contributed by atoms with van der Waals surface area (Å²) in [5.41, 5.74) is 8.59. The van der Waals surface area contributed by atoms with Gasteiger partial charge in [-0.05, 0) is 49.5 Å². The summed E-state index contributed by atoms with van der Waals surface area (Å²) in [5, 5.41) is 9.32. The van der Waals surface area contributed by atoms with Crippen LogP contribution in [0.3, 0.4) is 0 Å². The molecular formula is C16H20N2O2. The number of hydrogen-bond acceptors (Lipinski definition) is 4. The molecule has 106 valence electrons. The molecule has 2 aromatic rings. The van der Waals surface area contributed by atoms with Crippen molar-refractivity contribution in [3.63, 3.8) is 0 Å². The highest BCUT2D eigenvalue weighted by Crippen LogP contribution is 2.29. The smallest absolute Gasteiger partial charge is 0.142 e. The number of hydrogen-bond donors (Lipinski definition) is 2. The van der Waals surface area contributed by atoms with Gasteiger partial charge in [-0.1, -0.05) is 18.2 Å². The van der Waals surface area contributed by atoms with Crippen molar-refractivity contribution in [1.82, 2.24) is 4.90 Å². The fourth-order valence-corrected chi connectivity index (χ4v) is 1.83. The lowest BCUT2D eigenvalue weighted by molar-refractivity contribution is 0.262. The first-order valence-corrected chi connectivity index (χ1v) is 6.53. The number of phenols is 1. The second-order valence-corrected chi connectivity index (χ2v) is 4.95. The minimum absolute atomic E-state index is 0.256. The molecule has 4 nitrogen and oxygen atoms in total. The fraction of sp³-hybridized carbons (Fsp3) is 0.250. The van der Waals surface area contributed by atoms with Crippen LogP contribution in [0.15, 0.2) is 42.5 Å². The Bertz CT molecular complexity index is 565. The molecule has 0 aliphatic heterocycles. The predicted molar refractivity (Wildman–Crippen MR) is 82.0 cm³/mol. The maximum absolute atomic E-state index is 9.32. The molecule has 20 heavy (non-hydrogen) atoms. The number of nitrogen functional groups attached to an aromatic ring is 1. The van der Waals surface area contributed by atoms with Gasteiger partial charge in [-0.15, -0.1) is 0 Å². The first-order valence-electron chi connectivity index (χ1n) is 6.53. The lowest BCUT2D eigenvalue weighted by Crippen LogP contribution is -2.19. The average Bonchev–Trinajstić information content (AvgIpc) is 2.41. The summed E-state index contributed by atoms with van der Waals surface area (Å²) in [7, 11) is 4.00. The van der Waals surface area contributed by atoms with Crippen LogP contribution in [0.2, 0.25) is 0 Å². The number of rotatable bonds is 5. The molecule has 0 atom stereocenters. The molecule has 0 aliphatic carbocycles. The number of benzene rings is 2. The Labute approximate surface area is 119 Å². The van der Waals surface area contributed by atoms with Crippen molar-refractivity contribution in [1.29, 1.82) is 0 Å². The minimum atomic E-state index is 0.256. The normalized spacial score (nSPS) is 10.8. The summed E-state index contributed by atoms with van der Waals surface area (Å²) in [6.07, 6.45) is 0. The van der Waals surface area contributed by atoms with E-state index >= 15 is 0 Å². The number of aromatic hydroxyl groups is 1. The summed E-state index contributed by atoms with van der Waals surface area (Å²) in [6, 6.07) is 12.8. The van der Waals surface area contributed by atoms with E-state index in [9.17, 15) is 5.11 Å². The molecule has 2 rings (SSSR count). The van der Waals surface area contributed by atoms with Gasteiger partial charge in [0.05, 0.1) is 5.69 Å². The van der Waals surface area contributed by atoms with Crippen LogP contribution in [0.4, 0.5) is 5.69 Å². The monoisotopic (exact) mass is 272 g/mol. The van der Waals surface area contributed by atoms with Crippen molar-refractivity contribution >= 4 is 5.69 Å². The number of nitrogens with zero attached hydrogens (tertiary/aromatic N) is 1. The van der Waals surface area contributed by atoms with Gasteiger partial charge >= 0.3 is 0 Å². The second-order valence-electron chi connectivity index (χ2n) is 4.95. The predicted octanol–water partition coefficient (Wildman–Crippen LogP) is 2.58. The molecule has 4 heteroatoms. The van der Waals surface area contributed by atoms with E-state index in [-0.39, 0.29) is 5.75 Å². The quantitative estimate of drug-likeness (QED) is 0.821. The van der Waals surface area contributed by atoms with Gasteiger partial charge in [-0.25, -0.2) is 0 Å². The highest BCUT2D eigenvalue weighted by molar-refractivity contribution is 5.70. The van der Waals surface area contributed by atoms with Crippen LogP contribution in [0.1, 0.15) is 0 Å². The zero-order valence-electron chi connectivity index (χ0n) is 11.8. The van der Waals surface area contributed by atoms with Crippen LogP contribution in [0, 0.1) is 0 Å². The molecule has 3 N–H and O–H groups in total. The van der Waals surface area contributed by atoms with Crippen molar-refractivity contribution in [2.24, 2.45) is 0 Å². The van der Waals surface area contributed by atoms with Gasteiger partial charge < -0.3 is 20.5 Å². The number of likely N-dealkylation sites (N-methyl/N-ethyl adjacent to an activating group) is 1. The highest BCUT2D eigenvalue weighted by atomic mass is 16.5. The second kappa shape index (κ2) is 6.30. The SMILES string of the molecule is CN(C)CCOc1cc(-c2ccc(O)cc2)ccc1N. The van der Waals surface area contributed by atoms with E-state index in [1.807, 2.05) is 44.4 Å². The van der Waals surface area contributed by atoms with E-state index in [4.69, 9.17) is 10.5 Å². The molecule has 0 amide bonds. The Morgan fingerprint density at radius 2 is 1.70 bits per heavy atom. The van der Waals surface area contributed by atoms with Crippen LogP contribution in [0.5, 0.6) is 11.5 Å². The zero-order chi connectivity index (χ0) is 14.5. The summed E-state index contributed by atoms with van der Waals surface area (Å²) in [6.45, 7) is 1.43. The van der Waals surface area contributed by atoms with Crippen molar-refractivity contribution in [2.45, 2.75) is 0 Å². The summed E-state index contributed by atoms with van der Waals surface area (Å²) in [5.74, 6) is 0.948. The molecule has 0 aromatic heterocycles. The van der Waals surface area contributed by atoms with E-state index < -0.39 is 0 Å². The third-order valence-electron chi connectivity index (χ3n) is 3.01. The van der Waals surface area contributed by atoms with E-state index in [1.54, 1.807) is 12.1 Å². The molecular weight excluding hydrogens is 252 g/mol. The van der Waals surface area contributed by atoms with E-state index in [0.29, 0.717) is 18.0 Å². The molecule has 0 saturated heterocycles. The third kappa shape index (κ3) is 3.65. The number of phenolic OH excluding ortho intramolecular Hbond substituents is 1. The first kappa shape index (κ1) is 14.2. The highest BCUT2D eigenvalue weighted by Gasteiger charge is 2.05. The van der Waals surface area contributed by atoms with E-state index in [1.165, 1.54) is 0 Å². The zero-order valence-corrected chi connectivity index (χ0v) is 11.8. The molecule has 0 unspecified atom stereocenters. The lowest BCUT2D eigenvalue weighted by Gasteiger charge is -2.13. The van der Waals surface area contributed by atoms with Crippen LogP contribution >= 0.6 is 0 Å². The van der Waals surface area contributed by atoms with Crippen LogP contribution in [0.25, 0.3) is 11.1 Å². The molecule has 0 heterocycles. The number of nitrogens with two attached hydrogens (primary N) is 1. The molecule has 2 aromatic carbocycles.